The SMILES string of the molecule is COc1ccc(C(C)(C)COc2cc(C(C)(C)C)c(F)cc2OC)cc1OCc1ccccc1. The van der Waals surface area contributed by atoms with Crippen molar-refractivity contribution in [3.8, 4) is 23.0 Å². The van der Waals surface area contributed by atoms with Crippen molar-refractivity contribution in [2.75, 3.05) is 20.8 Å². The third-order valence-corrected chi connectivity index (χ3v) is 5.83. The average Bonchev–Trinajstić information content (AvgIpc) is 2.81. The fourth-order valence-electron chi connectivity index (χ4n) is 3.67. The molecule has 0 aliphatic heterocycles. The second-order valence-corrected chi connectivity index (χ2v) is 10.0. The molecule has 0 aromatic heterocycles. The molecule has 0 unspecified atom stereocenters. The van der Waals surface area contributed by atoms with Gasteiger partial charge in [-0.25, -0.2) is 4.39 Å². The zero-order valence-electron chi connectivity index (χ0n) is 21.2. The van der Waals surface area contributed by atoms with Crippen LogP contribution in [0.5, 0.6) is 23.0 Å². The molecule has 0 N–H and O–H groups in total. The summed E-state index contributed by atoms with van der Waals surface area (Å²) in [7, 11) is 3.15. The minimum absolute atomic E-state index is 0.300. The monoisotopic (exact) mass is 466 g/mol. The lowest BCUT2D eigenvalue weighted by Crippen LogP contribution is -2.26. The molecular formula is C29H35FO4. The highest BCUT2D eigenvalue weighted by Gasteiger charge is 2.26. The Morgan fingerprint density at radius 2 is 1.35 bits per heavy atom. The first-order chi connectivity index (χ1) is 16.0. The van der Waals surface area contributed by atoms with Gasteiger partial charge in [-0.1, -0.05) is 71.0 Å². The van der Waals surface area contributed by atoms with Gasteiger partial charge < -0.3 is 18.9 Å². The predicted molar refractivity (Wildman–Crippen MR) is 134 cm³/mol. The van der Waals surface area contributed by atoms with Crippen LogP contribution in [0.1, 0.15) is 51.3 Å². The Hall–Kier alpha value is -3.21. The molecule has 0 aliphatic carbocycles. The van der Waals surface area contributed by atoms with Gasteiger partial charge in [0.25, 0.3) is 0 Å². The van der Waals surface area contributed by atoms with Gasteiger partial charge in [0.05, 0.1) is 20.8 Å². The summed E-state index contributed by atoms with van der Waals surface area (Å²) in [6, 6.07) is 19.1. The molecule has 3 aromatic rings. The highest BCUT2D eigenvalue weighted by molar-refractivity contribution is 5.47. The van der Waals surface area contributed by atoms with Crippen molar-refractivity contribution in [3.05, 3.63) is 83.2 Å². The summed E-state index contributed by atoms with van der Waals surface area (Å²) in [5, 5.41) is 0. The fourth-order valence-corrected chi connectivity index (χ4v) is 3.67. The molecule has 0 amide bonds. The number of rotatable bonds is 9. The summed E-state index contributed by atoms with van der Waals surface area (Å²) in [6.45, 7) is 10.9. The second kappa shape index (κ2) is 10.4. The van der Waals surface area contributed by atoms with Crippen LogP contribution < -0.4 is 18.9 Å². The maximum atomic E-state index is 14.6. The molecule has 3 rings (SSSR count). The van der Waals surface area contributed by atoms with Crippen LogP contribution in [-0.2, 0) is 17.4 Å². The predicted octanol–water partition coefficient (Wildman–Crippen LogP) is 7.08. The van der Waals surface area contributed by atoms with Gasteiger partial charge in [0.2, 0.25) is 0 Å². The molecule has 34 heavy (non-hydrogen) atoms. The third-order valence-electron chi connectivity index (χ3n) is 5.83. The highest BCUT2D eigenvalue weighted by atomic mass is 19.1. The lowest BCUT2D eigenvalue weighted by molar-refractivity contribution is 0.228. The number of hydrogen-bond donors (Lipinski definition) is 0. The van der Waals surface area contributed by atoms with E-state index in [2.05, 4.69) is 13.8 Å². The third kappa shape index (κ3) is 6.02. The minimum atomic E-state index is -0.363. The molecule has 182 valence electrons. The Labute approximate surface area is 202 Å². The van der Waals surface area contributed by atoms with E-state index in [0.29, 0.717) is 41.8 Å². The largest absolute Gasteiger partial charge is 0.493 e. The summed E-state index contributed by atoms with van der Waals surface area (Å²) >= 11 is 0. The number of ether oxygens (including phenoxy) is 4. The molecule has 0 spiro atoms. The maximum absolute atomic E-state index is 14.6. The van der Waals surface area contributed by atoms with Gasteiger partial charge >= 0.3 is 0 Å². The van der Waals surface area contributed by atoms with Crippen molar-refractivity contribution in [2.24, 2.45) is 0 Å². The van der Waals surface area contributed by atoms with Crippen LogP contribution in [0.2, 0.25) is 0 Å². The topological polar surface area (TPSA) is 36.9 Å². The van der Waals surface area contributed by atoms with E-state index in [4.69, 9.17) is 18.9 Å². The van der Waals surface area contributed by atoms with Crippen molar-refractivity contribution in [1.82, 2.24) is 0 Å². The summed E-state index contributed by atoms with van der Waals surface area (Å²) in [6.07, 6.45) is 0. The van der Waals surface area contributed by atoms with Gasteiger partial charge in [0.1, 0.15) is 12.4 Å². The van der Waals surface area contributed by atoms with Crippen LogP contribution in [0.4, 0.5) is 4.39 Å². The summed E-state index contributed by atoms with van der Waals surface area (Å²) in [4.78, 5) is 0. The molecule has 0 fully saturated rings. The van der Waals surface area contributed by atoms with Crippen molar-refractivity contribution in [2.45, 2.75) is 52.1 Å². The molecule has 0 aliphatic rings. The molecule has 0 radical (unpaired) electrons. The molecular weight excluding hydrogens is 431 g/mol. The number of methoxy groups -OCH3 is 2. The molecule has 0 saturated carbocycles. The Balaban J connectivity index is 1.82. The van der Waals surface area contributed by atoms with E-state index in [1.54, 1.807) is 13.2 Å². The van der Waals surface area contributed by atoms with Crippen LogP contribution >= 0.6 is 0 Å². The van der Waals surface area contributed by atoms with Crippen molar-refractivity contribution < 1.29 is 23.3 Å². The first kappa shape index (κ1) is 25.4. The zero-order chi connectivity index (χ0) is 24.9. The molecule has 3 aromatic carbocycles. The van der Waals surface area contributed by atoms with Crippen LogP contribution in [0.3, 0.4) is 0 Å². The van der Waals surface area contributed by atoms with Gasteiger partial charge in [0.15, 0.2) is 23.0 Å². The summed E-state index contributed by atoms with van der Waals surface area (Å²) < 4.78 is 37.8. The van der Waals surface area contributed by atoms with E-state index in [-0.39, 0.29) is 16.6 Å². The molecule has 0 atom stereocenters. The van der Waals surface area contributed by atoms with Gasteiger partial charge in [-0.05, 0) is 40.3 Å². The number of benzene rings is 3. The Kier molecular flexibility index (Phi) is 7.75. The quantitative estimate of drug-likeness (QED) is 0.338. The first-order valence-electron chi connectivity index (χ1n) is 11.4. The van der Waals surface area contributed by atoms with Crippen molar-refractivity contribution >= 4 is 0 Å². The molecule has 0 saturated heterocycles. The minimum Gasteiger partial charge on any atom is -0.493 e. The average molecular weight is 467 g/mol. The molecule has 5 heteroatoms. The Bertz CT molecular complexity index is 1100. The number of halogens is 1. The highest BCUT2D eigenvalue weighted by Crippen LogP contribution is 2.38. The lowest BCUT2D eigenvalue weighted by atomic mass is 9.85. The first-order valence-corrected chi connectivity index (χ1v) is 11.4. The molecule has 4 nitrogen and oxygen atoms in total. The van der Waals surface area contributed by atoms with E-state index in [1.165, 1.54) is 13.2 Å². The van der Waals surface area contributed by atoms with E-state index in [9.17, 15) is 4.39 Å². The maximum Gasteiger partial charge on any atom is 0.163 e. The zero-order valence-corrected chi connectivity index (χ0v) is 21.2. The Morgan fingerprint density at radius 3 is 1.97 bits per heavy atom. The molecule has 0 bridgehead atoms. The smallest absolute Gasteiger partial charge is 0.163 e. The van der Waals surface area contributed by atoms with Gasteiger partial charge in [0, 0.05) is 11.5 Å². The Morgan fingerprint density at radius 1 is 0.706 bits per heavy atom. The van der Waals surface area contributed by atoms with Gasteiger partial charge in [-0.2, -0.15) is 0 Å². The standard InChI is InChI=1S/C29H35FO4/c1-28(2,3)22-16-27(25(32-7)17-23(22)30)34-19-29(4,5)21-13-14-24(31-6)26(15-21)33-18-20-11-9-8-10-12-20/h8-17H,18-19H2,1-7H3. The van der Waals surface area contributed by atoms with Gasteiger partial charge in [-0.15, -0.1) is 0 Å². The lowest BCUT2D eigenvalue weighted by Gasteiger charge is -2.28. The van der Waals surface area contributed by atoms with Crippen molar-refractivity contribution in [1.29, 1.82) is 0 Å². The summed E-state index contributed by atoms with van der Waals surface area (Å²) in [5.41, 5.74) is 1.98. The molecule has 0 heterocycles. The number of hydrogen-bond acceptors (Lipinski definition) is 4. The normalized spacial score (nSPS) is 11.8. The van der Waals surface area contributed by atoms with E-state index in [0.717, 1.165) is 11.1 Å². The van der Waals surface area contributed by atoms with E-state index >= 15 is 0 Å². The van der Waals surface area contributed by atoms with Crippen LogP contribution in [0, 0.1) is 5.82 Å². The fraction of sp³-hybridized carbons (Fsp3) is 0.379. The second-order valence-electron chi connectivity index (χ2n) is 10.0. The van der Waals surface area contributed by atoms with Crippen LogP contribution in [0.15, 0.2) is 60.7 Å². The van der Waals surface area contributed by atoms with Gasteiger partial charge in [-0.3, -0.25) is 0 Å². The van der Waals surface area contributed by atoms with Crippen LogP contribution in [-0.4, -0.2) is 20.8 Å². The summed E-state index contributed by atoms with van der Waals surface area (Å²) in [5.74, 6) is 1.95. The van der Waals surface area contributed by atoms with Crippen LogP contribution in [0.25, 0.3) is 0 Å². The van der Waals surface area contributed by atoms with E-state index in [1.807, 2.05) is 69.3 Å². The van der Waals surface area contributed by atoms with Crippen molar-refractivity contribution in [3.63, 3.8) is 0 Å². The van der Waals surface area contributed by atoms with E-state index < -0.39 is 0 Å².